The molecule has 2 N–H and O–H groups in total. The minimum atomic E-state index is -0.259. The van der Waals surface area contributed by atoms with Gasteiger partial charge in [-0.15, -0.1) is 6.58 Å². The first-order chi connectivity index (χ1) is 6.07. The van der Waals surface area contributed by atoms with Crippen LogP contribution in [0.15, 0.2) is 12.7 Å². The first-order valence-corrected chi connectivity index (χ1v) is 4.97. The predicted molar refractivity (Wildman–Crippen MR) is 56.5 cm³/mol. The molecule has 13 heavy (non-hydrogen) atoms. The number of ketones is 1. The molecular weight excluding hydrogens is 162 g/mol. The topological polar surface area (TPSA) is 43.1 Å². The summed E-state index contributed by atoms with van der Waals surface area (Å²) in [5, 5.41) is 0. The molecule has 0 aromatic heterocycles. The summed E-state index contributed by atoms with van der Waals surface area (Å²) in [5.41, 5.74) is 5.73. The quantitative estimate of drug-likeness (QED) is 0.486. The number of hydrogen-bond donors (Lipinski definition) is 1. The third-order valence-electron chi connectivity index (χ3n) is 1.97. The van der Waals surface area contributed by atoms with Crippen molar-refractivity contribution < 1.29 is 4.79 Å². The van der Waals surface area contributed by atoms with Crippen molar-refractivity contribution >= 4 is 5.78 Å². The van der Waals surface area contributed by atoms with Crippen LogP contribution in [0, 0.1) is 5.92 Å². The van der Waals surface area contributed by atoms with Gasteiger partial charge in [0.1, 0.15) is 5.78 Å². The highest BCUT2D eigenvalue weighted by Gasteiger charge is 2.13. The maximum absolute atomic E-state index is 11.4. The maximum atomic E-state index is 11.4. The van der Waals surface area contributed by atoms with E-state index in [4.69, 9.17) is 5.73 Å². The van der Waals surface area contributed by atoms with Gasteiger partial charge in [-0.3, -0.25) is 4.79 Å². The summed E-state index contributed by atoms with van der Waals surface area (Å²) in [7, 11) is 0. The maximum Gasteiger partial charge on any atom is 0.149 e. The molecule has 2 heteroatoms. The largest absolute Gasteiger partial charge is 0.322 e. The molecule has 0 aliphatic carbocycles. The molecule has 1 unspecified atom stereocenters. The third kappa shape index (κ3) is 6.52. The van der Waals surface area contributed by atoms with E-state index >= 15 is 0 Å². The van der Waals surface area contributed by atoms with Crippen molar-refractivity contribution in [1.82, 2.24) is 0 Å². The molecule has 0 aliphatic rings. The molecule has 0 rings (SSSR count). The molecule has 0 aliphatic heterocycles. The molecule has 0 radical (unpaired) electrons. The molecule has 0 bridgehead atoms. The molecule has 0 heterocycles. The summed E-state index contributed by atoms with van der Waals surface area (Å²) < 4.78 is 0. The van der Waals surface area contributed by atoms with Crippen molar-refractivity contribution in [3.63, 3.8) is 0 Å². The van der Waals surface area contributed by atoms with Crippen molar-refractivity contribution in [2.75, 3.05) is 0 Å². The standard InChI is InChI=1S/C11H21NO/c1-4-5-6-7-11(13)10(12)8-9(2)3/h4,9-10H,1,5-8,12H2,2-3H3. The average Bonchev–Trinajstić information content (AvgIpc) is 2.03. The third-order valence-corrected chi connectivity index (χ3v) is 1.97. The molecular formula is C11H21NO. The van der Waals surface area contributed by atoms with Gasteiger partial charge in [-0.1, -0.05) is 19.9 Å². The molecule has 2 nitrogen and oxygen atoms in total. The first kappa shape index (κ1) is 12.4. The number of Topliss-reactive ketones (excluding diaryl/α,β-unsaturated/α-hetero) is 1. The van der Waals surface area contributed by atoms with Gasteiger partial charge in [0.15, 0.2) is 0 Å². The molecule has 1 atom stereocenters. The summed E-state index contributed by atoms with van der Waals surface area (Å²) in [6, 6.07) is -0.259. The fraction of sp³-hybridized carbons (Fsp3) is 0.727. The molecule has 0 saturated heterocycles. The monoisotopic (exact) mass is 183 g/mol. The highest BCUT2D eigenvalue weighted by Crippen LogP contribution is 2.07. The fourth-order valence-electron chi connectivity index (χ4n) is 1.25. The van der Waals surface area contributed by atoms with Gasteiger partial charge in [-0.05, 0) is 25.2 Å². The van der Waals surface area contributed by atoms with Crippen molar-refractivity contribution in [3.05, 3.63) is 12.7 Å². The summed E-state index contributed by atoms with van der Waals surface area (Å²) in [5.74, 6) is 0.689. The number of hydrogen-bond acceptors (Lipinski definition) is 2. The lowest BCUT2D eigenvalue weighted by atomic mass is 9.98. The van der Waals surface area contributed by atoms with Gasteiger partial charge >= 0.3 is 0 Å². The van der Waals surface area contributed by atoms with E-state index in [1.807, 2.05) is 6.08 Å². The van der Waals surface area contributed by atoms with Gasteiger partial charge in [-0.25, -0.2) is 0 Å². The molecule has 0 aromatic rings. The number of unbranched alkanes of at least 4 members (excludes halogenated alkanes) is 1. The van der Waals surface area contributed by atoms with Crippen LogP contribution in [0.3, 0.4) is 0 Å². The number of nitrogens with two attached hydrogens (primary N) is 1. The van der Waals surface area contributed by atoms with Gasteiger partial charge in [0.2, 0.25) is 0 Å². The Morgan fingerprint density at radius 1 is 1.54 bits per heavy atom. The average molecular weight is 183 g/mol. The van der Waals surface area contributed by atoms with Gasteiger partial charge in [0.05, 0.1) is 6.04 Å². The molecule has 0 amide bonds. The Labute approximate surface area is 81.2 Å². The lowest BCUT2D eigenvalue weighted by Crippen LogP contribution is -2.31. The highest BCUT2D eigenvalue weighted by atomic mass is 16.1. The van der Waals surface area contributed by atoms with Crippen LogP contribution in [0.1, 0.15) is 39.5 Å². The van der Waals surface area contributed by atoms with E-state index in [1.54, 1.807) is 0 Å². The van der Waals surface area contributed by atoms with E-state index in [9.17, 15) is 4.79 Å². The van der Waals surface area contributed by atoms with Crippen molar-refractivity contribution in [3.8, 4) is 0 Å². The Hall–Kier alpha value is -0.630. The Morgan fingerprint density at radius 2 is 2.15 bits per heavy atom. The van der Waals surface area contributed by atoms with Crippen LogP contribution in [0.5, 0.6) is 0 Å². The van der Waals surface area contributed by atoms with Gasteiger partial charge in [-0.2, -0.15) is 0 Å². The van der Waals surface area contributed by atoms with Crippen molar-refractivity contribution in [2.24, 2.45) is 11.7 Å². The number of rotatable bonds is 7. The SMILES string of the molecule is C=CCCCC(=O)C(N)CC(C)C. The van der Waals surface area contributed by atoms with E-state index < -0.39 is 0 Å². The van der Waals surface area contributed by atoms with Crippen LogP contribution < -0.4 is 5.73 Å². The van der Waals surface area contributed by atoms with E-state index in [0.717, 1.165) is 19.3 Å². The van der Waals surface area contributed by atoms with Gasteiger partial charge < -0.3 is 5.73 Å². The smallest absolute Gasteiger partial charge is 0.149 e. The van der Waals surface area contributed by atoms with E-state index in [0.29, 0.717) is 12.3 Å². The summed E-state index contributed by atoms with van der Waals surface area (Å²) >= 11 is 0. The van der Waals surface area contributed by atoms with Crippen LogP contribution in [-0.2, 0) is 4.79 Å². The van der Waals surface area contributed by atoms with Gasteiger partial charge in [0.25, 0.3) is 0 Å². The number of allylic oxidation sites excluding steroid dienone is 1. The van der Waals surface area contributed by atoms with Crippen LogP contribution >= 0.6 is 0 Å². The summed E-state index contributed by atoms with van der Waals surface area (Å²) in [4.78, 5) is 11.4. The van der Waals surface area contributed by atoms with Crippen molar-refractivity contribution in [1.29, 1.82) is 0 Å². The molecule has 0 spiro atoms. The minimum absolute atomic E-state index is 0.190. The Balaban J connectivity index is 3.62. The van der Waals surface area contributed by atoms with E-state index in [1.165, 1.54) is 0 Å². The summed E-state index contributed by atoms with van der Waals surface area (Å²) in [6.07, 6.45) is 5.02. The van der Waals surface area contributed by atoms with E-state index in [-0.39, 0.29) is 11.8 Å². The number of carbonyl (C=O) groups is 1. The lowest BCUT2D eigenvalue weighted by Gasteiger charge is -2.12. The Morgan fingerprint density at radius 3 is 2.62 bits per heavy atom. The zero-order chi connectivity index (χ0) is 10.3. The first-order valence-electron chi connectivity index (χ1n) is 4.97. The molecule has 0 saturated carbocycles. The molecule has 0 aromatic carbocycles. The predicted octanol–water partition coefficient (Wildman–Crippen LogP) is 2.29. The normalized spacial score (nSPS) is 12.9. The second-order valence-electron chi connectivity index (χ2n) is 3.88. The highest BCUT2D eigenvalue weighted by molar-refractivity contribution is 5.83. The minimum Gasteiger partial charge on any atom is -0.322 e. The zero-order valence-corrected chi connectivity index (χ0v) is 8.75. The van der Waals surface area contributed by atoms with Crippen LogP contribution in [0.25, 0.3) is 0 Å². The Kier molecular flexibility index (Phi) is 6.51. The summed E-state index contributed by atoms with van der Waals surface area (Å²) in [6.45, 7) is 7.77. The molecule has 76 valence electrons. The molecule has 0 fully saturated rings. The second-order valence-corrected chi connectivity index (χ2v) is 3.88. The lowest BCUT2D eigenvalue weighted by molar-refractivity contribution is -0.120. The van der Waals surface area contributed by atoms with E-state index in [2.05, 4.69) is 20.4 Å². The van der Waals surface area contributed by atoms with Crippen molar-refractivity contribution in [2.45, 2.75) is 45.6 Å². The fourth-order valence-corrected chi connectivity index (χ4v) is 1.25. The van der Waals surface area contributed by atoms with Crippen LogP contribution in [0.4, 0.5) is 0 Å². The van der Waals surface area contributed by atoms with Gasteiger partial charge in [0, 0.05) is 6.42 Å². The van der Waals surface area contributed by atoms with Crippen LogP contribution in [-0.4, -0.2) is 11.8 Å². The number of carbonyl (C=O) groups excluding carboxylic acids is 1. The second kappa shape index (κ2) is 6.84. The van der Waals surface area contributed by atoms with Crippen LogP contribution in [0.2, 0.25) is 0 Å². The Bertz CT molecular complexity index is 163. The zero-order valence-electron chi connectivity index (χ0n) is 8.75.